The summed E-state index contributed by atoms with van der Waals surface area (Å²) in [6.07, 6.45) is 6.32. The zero-order valence-electron chi connectivity index (χ0n) is 12.0. The van der Waals surface area contributed by atoms with E-state index in [0.29, 0.717) is 6.04 Å². The molecule has 1 aliphatic rings. The second-order valence-corrected chi connectivity index (χ2v) is 5.75. The summed E-state index contributed by atoms with van der Waals surface area (Å²) in [6, 6.07) is 13.4. The third-order valence-electron chi connectivity index (χ3n) is 4.32. The smallest absolute Gasteiger partial charge is 0.0430 e. The third-order valence-corrected chi connectivity index (χ3v) is 4.32. The van der Waals surface area contributed by atoms with Crippen LogP contribution in [0.25, 0.3) is 21.5 Å². The van der Waals surface area contributed by atoms with Crippen LogP contribution in [-0.2, 0) is 0 Å². The molecule has 0 amide bonds. The van der Waals surface area contributed by atoms with E-state index in [0.717, 1.165) is 13.1 Å². The Morgan fingerprint density at radius 2 is 2.05 bits per heavy atom. The lowest BCUT2D eigenvalue weighted by Gasteiger charge is -2.25. The number of hydrogen-bond acceptors (Lipinski definition) is 3. The van der Waals surface area contributed by atoms with Crippen molar-refractivity contribution in [1.29, 1.82) is 0 Å². The van der Waals surface area contributed by atoms with Crippen LogP contribution in [0.15, 0.2) is 48.8 Å². The van der Waals surface area contributed by atoms with Crippen molar-refractivity contribution in [1.82, 2.24) is 10.3 Å². The average molecular weight is 277 g/mol. The molecule has 0 bridgehead atoms. The molecule has 21 heavy (non-hydrogen) atoms. The first-order valence-electron chi connectivity index (χ1n) is 7.64. The van der Waals surface area contributed by atoms with Gasteiger partial charge in [-0.25, -0.2) is 0 Å². The molecule has 1 aliphatic heterocycles. The molecule has 0 aliphatic carbocycles. The lowest BCUT2D eigenvalue weighted by Crippen LogP contribution is -2.38. The van der Waals surface area contributed by atoms with Crippen LogP contribution in [0.2, 0.25) is 0 Å². The van der Waals surface area contributed by atoms with Crippen molar-refractivity contribution in [3.8, 4) is 0 Å². The number of hydrogen-bond donors (Lipinski definition) is 2. The summed E-state index contributed by atoms with van der Waals surface area (Å²) in [5.41, 5.74) is 1.22. The lowest BCUT2D eigenvalue weighted by atomic mass is 10.0. The minimum Gasteiger partial charge on any atom is -0.381 e. The molecule has 2 N–H and O–H groups in total. The second kappa shape index (κ2) is 5.34. The van der Waals surface area contributed by atoms with E-state index in [1.54, 1.807) is 0 Å². The summed E-state index contributed by atoms with van der Waals surface area (Å²) in [5.74, 6) is 0. The van der Waals surface area contributed by atoms with E-state index in [2.05, 4.69) is 52.0 Å². The fourth-order valence-electron chi connectivity index (χ4n) is 3.26. The molecule has 1 atom stereocenters. The van der Waals surface area contributed by atoms with Crippen molar-refractivity contribution in [3.05, 3.63) is 48.8 Å². The second-order valence-electron chi connectivity index (χ2n) is 5.75. The maximum atomic E-state index is 4.31. The van der Waals surface area contributed by atoms with Crippen LogP contribution in [0, 0.1) is 0 Å². The van der Waals surface area contributed by atoms with Gasteiger partial charge in [0.1, 0.15) is 0 Å². The molecule has 0 spiro atoms. The molecule has 1 aromatic heterocycles. The predicted octanol–water partition coefficient (Wildman–Crippen LogP) is 3.55. The lowest BCUT2D eigenvalue weighted by molar-refractivity contribution is 0.480. The number of benzene rings is 2. The van der Waals surface area contributed by atoms with Gasteiger partial charge in [0.05, 0.1) is 0 Å². The number of fused-ring (bicyclic) bond motifs is 3. The van der Waals surface area contributed by atoms with Gasteiger partial charge in [-0.05, 0) is 42.3 Å². The number of anilines is 1. The number of piperidine rings is 1. The first kappa shape index (κ1) is 12.6. The molecular weight excluding hydrogens is 258 g/mol. The van der Waals surface area contributed by atoms with Gasteiger partial charge in [0.25, 0.3) is 0 Å². The number of nitrogens with one attached hydrogen (secondary N) is 2. The molecule has 3 aromatic rings. The van der Waals surface area contributed by atoms with Gasteiger partial charge in [-0.2, -0.15) is 0 Å². The van der Waals surface area contributed by atoms with E-state index in [-0.39, 0.29) is 0 Å². The zero-order valence-corrected chi connectivity index (χ0v) is 12.0. The van der Waals surface area contributed by atoms with Crippen molar-refractivity contribution < 1.29 is 0 Å². The molecule has 1 saturated heterocycles. The zero-order chi connectivity index (χ0) is 14.1. The standard InChI is InChI=1S/C18H19N3/c1-2-6-15-13(4-1)10-18(16-7-9-20-12-17(15)16)21-14-5-3-8-19-11-14/h1-2,4,6-7,9-10,12,14,19,21H,3,5,8,11H2. The highest BCUT2D eigenvalue weighted by Gasteiger charge is 2.14. The topological polar surface area (TPSA) is 37.0 Å². The van der Waals surface area contributed by atoms with Crippen LogP contribution in [0.1, 0.15) is 12.8 Å². The fourth-order valence-corrected chi connectivity index (χ4v) is 3.26. The summed E-state index contributed by atoms with van der Waals surface area (Å²) in [6.45, 7) is 2.18. The summed E-state index contributed by atoms with van der Waals surface area (Å²) >= 11 is 0. The minimum absolute atomic E-state index is 0.510. The van der Waals surface area contributed by atoms with E-state index in [9.17, 15) is 0 Å². The Bertz CT molecular complexity index is 776. The van der Waals surface area contributed by atoms with Crippen molar-refractivity contribution in [2.75, 3.05) is 18.4 Å². The highest BCUT2D eigenvalue weighted by molar-refractivity contribution is 6.12. The molecule has 1 fully saturated rings. The Balaban J connectivity index is 1.85. The van der Waals surface area contributed by atoms with Gasteiger partial charge in [0.2, 0.25) is 0 Å². The Labute approximate surface area is 124 Å². The van der Waals surface area contributed by atoms with Gasteiger partial charge in [0, 0.05) is 41.4 Å². The van der Waals surface area contributed by atoms with Crippen LogP contribution < -0.4 is 10.6 Å². The summed E-state index contributed by atoms with van der Waals surface area (Å²) in [5, 5.41) is 12.2. The predicted molar refractivity (Wildman–Crippen MR) is 88.8 cm³/mol. The van der Waals surface area contributed by atoms with Gasteiger partial charge < -0.3 is 10.6 Å². The van der Waals surface area contributed by atoms with Crippen LogP contribution in [-0.4, -0.2) is 24.1 Å². The van der Waals surface area contributed by atoms with Crippen LogP contribution >= 0.6 is 0 Å². The maximum Gasteiger partial charge on any atom is 0.0430 e. The number of nitrogens with zero attached hydrogens (tertiary/aromatic N) is 1. The average Bonchev–Trinajstić information content (AvgIpc) is 2.56. The largest absolute Gasteiger partial charge is 0.381 e. The van der Waals surface area contributed by atoms with Gasteiger partial charge in [-0.1, -0.05) is 24.3 Å². The van der Waals surface area contributed by atoms with Gasteiger partial charge in [-0.15, -0.1) is 0 Å². The van der Waals surface area contributed by atoms with Gasteiger partial charge in [0.15, 0.2) is 0 Å². The normalized spacial score (nSPS) is 19.0. The van der Waals surface area contributed by atoms with E-state index < -0.39 is 0 Å². The Kier molecular flexibility index (Phi) is 3.20. The van der Waals surface area contributed by atoms with Crippen molar-refractivity contribution >= 4 is 27.2 Å². The monoisotopic (exact) mass is 277 g/mol. The quantitative estimate of drug-likeness (QED) is 0.703. The van der Waals surface area contributed by atoms with Crippen LogP contribution in [0.4, 0.5) is 5.69 Å². The Morgan fingerprint density at radius 3 is 2.95 bits per heavy atom. The summed E-state index contributed by atoms with van der Waals surface area (Å²) in [7, 11) is 0. The first-order valence-corrected chi connectivity index (χ1v) is 7.64. The number of aromatic nitrogens is 1. The molecule has 2 aromatic carbocycles. The SMILES string of the molecule is c1ccc2c(c1)cc(NC1CCCNC1)c1ccncc12. The summed E-state index contributed by atoms with van der Waals surface area (Å²) in [4.78, 5) is 4.31. The molecule has 0 saturated carbocycles. The molecule has 3 nitrogen and oxygen atoms in total. The van der Waals surface area contributed by atoms with Crippen molar-refractivity contribution in [2.45, 2.75) is 18.9 Å². The molecule has 2 heterocycles. The highest BCUT2D eigenvalue weighted by atomic mass is 15.0. The van der Waals surface area contributed by atoms with E-state index in [1.807, 2.05) is 12.4 Å². The first-order chi connectivity index (χ1) is 10.4. The van der Waals surface area contributed by atoms with Crippen LogP contribution in [0.3, 0.4) is 0 Å². The molecule has 1 unspecified atom stereocenters. The Hall–Kier alpha value is -2.13. The van der Waals surface area contributed by atoms with Gasteiger partial charge in [-0.3, -0.25) is 4.98 Å². The van der Waals surface area contributed by atoms with Crippen molar-refractivity contribution in [3.63, 3.8) is 0 Å². The molecule has 3 heteroatoms. The number of rotatable bonds is 2. The third kappa shape index (κ3) is 2.34. The van der Waals surface area contributed by atoms with Crippen molar-refractivity contribution in [2.24, 2.45) is 0 Å². The highest BCUT2D eigenvalue weighted by Crippen LogP contribution is 2.32. The molecule has 4 rings (SSSR count). The molecule has 106 valence electrons. The Morgan fingerprint density at radius 1 is 1.10 bits per heavy atom. The number of pyridine rings is 1. The summed E-state index contributed by atoms with van der Waals surface area (Å²) < 4.78 is 0. The van der Waals surface area contributed by atoms with Crippen LogP contribution in [0.5, 0.6) is 0 Å². The van der Waals surface area contributed by atoms with Gasteiger partial charge >= 0.3 is 0 Å². The fraction of sp³-hybridized carbons (Fsp3) is 0.278. The molecule has 0 radical (unpaired) electrons. The minimum atomic E-state index is 0.510. The van der Waals surface area contributed by atoms with E-state index in [1.165, 1.54) is 40.1 Å². The molecular formula is C18H19N3. The maximum absolute atomic E-state index is 4.31. The van der Waals surface area contributed by atoms with E-state index in [4.69, 9.17) is 0 Å². The van der Waals surface area contributed by atoms with E-state index >= 15 is 0 Å².